The van der Waals surface area contributed by atoms with Gasteiger partial charge in [0, 0.05) is 0 Å². The average molecular weight is 489 g/mol. The van der Waals surface area contributed by atoms with Crippen LogP contribution in [0, 0.1) is 0 Å². The van der Waals surface area contributed by atoms with Gasteiger partial charge in [-0.15, -0.1) is 13.2 Å². The summed E-state index contributed by atoms with van der Waals surface area (Å²) in [6.45, 7) is 10.0. The largest absolute Gasteiger partial charge is 0.497 e. The van der Waals surface area contributed by atoms with Crippen LogP contribution in [-0.2, 0) is 38.8 Å². The molecule has 0 bridgehead atoms. The Morgan fingerprint density at radius 1 is 0.667 bits per heavy atom. The van der Waals surface area contributed by atoms with Crippen molar-refractivity contribution in [2.24, 2.45) is 0 Å². The van der Waals surface area contributed by atoms with Gasteiger partial charge in [-0.3, -0.25) is 0 Å². The number of methoxy groups -OCH3 is 1. The summed E-state index contributed by atoms with van der Waals surface area (Å²) < 4.78 is 29.7. The van der Waals surface area contributed by atoms with Crippen molar-refractivity contribution >= 4 is 0 Å². The molecule has 5 heteroatoms. The van der Waals surface area contributed by atoms with Gasteiger partial charge in [0.2, 0.25) is 0 Å². The summed E-state index contributed by atoms with van der Waals surface area (Å²) in [6, 6.07) is 27.9. The van der Waals surface area contributed by atoms with Crippen LogP contribution in [0.25, 0.3) is 0 Å². The molecule has 36 heavy (non-hydrogen) atoms. The summed E-state index contributed by atoms with van der Waals surface area (Å²) in [6.07, 6.45) is 2.40. The summed E-state index contributed by atoms with van der Waals surface area (Å²) >= 11 is 0. The zero-order chi connectivity index (χ0) is 25.4. The Labute approximate surface area is 214 Å². The lowest BCUT2D eigenvalue weighted by Crippen LogP contribution is -2.37. The van der Waals surface area contributed by atoms with Crippen LogP contribution in [0.15, 0.2) is 110 Å². The van der Waals surface area contributed by atoms with Crippen LogP contribution >= 0.6 is 0 Å². The molecule has 0 aliphatic rings. The fraction of sp³-hybridized carbons (Fsp3) is 0.290. The van der Waals surface area contributed by atoms with E-state index in [9.17, 15) is 0 Å². The monoisotopic (exact) mass is 488 g/mol. The SMILES string of the molecule is C=C[C@H](COCc1ccccc1)O[C@H](C=C)[C@@H](COCc1ccc(OC)cc1)OCc1ccccc1. The molecule has 0 aromatic heterocycles. The van der Waals surface area contributed by atoms with Crippen molar-refractivity contribution in [3.8, 4) is 5.75 Å². The molecular formula is C31H36O5. The molecule has 0 radical (unpaired) electrons. The molecule has 0 amide bonds. The van der Waals surface area contributed by atoms with Crippen LogP contribution in [0.2, 0.25) is 0 Å². The Kier molecular flexibility index (Phi) is 11.9. The number of ether oxygens (including phenoxy) is 5. The van der Waals surface area contributed by atoms with Crippen LogP contribution in [0.4, 0.5) is 0 Å². The number of benzene rings is 3. The van der Waals surface area contributed by atoms with E-state index in [-0.39, 0.29) is 12.2 Å². The highest BCUT2D eigenvalue weighted by molar-refractivity contribution is 5.26. The fourth-order valence-corrected chi connectivity index (χ4v) is 3.56. The normalized spacial score (nSPS) is 13.5. The maximum absolute atomic E-state index is 6.29. The standard InChI is InChI=1S/C31H36O5/c1-4-28(23-33-20-25-12-8-6-9-13-25)36-30(5-2)31(35-22-26-14-10-7-11-15-26)24-34-21-27-16-18-29(32-3)19-17-27/h4-19,28,30-31H,1-2,20-24H2,3H3/t28-,30-,31-/m1/s1. The zero-order valence-corrected chi connectivity index (χ0v) is 21.0. The predicted molar refractivity (Wildman–Crippen MR) is 143 cm³/mol. The number of rotatable bonds is 17. The molecule has 3 aromatic rings. The van der Waals surface area contributed by atoms with Gasteiger partial charge in [0.25, 0.3) is 0 Å². The molecule has 0 aliphatic carbocycles. The summed E-state index contributed by atoms with van der Waals surface area (Å²) in [7, 11) is 1.65. The third-order valence-corrected chi connectivity index (χ3v) is 5.60. The van der Waals surface area contributed by atoms with Crippen LogP contribution in [0.5, 0.6) is 5.75 Å². The lowest BCUT2D eigenvalue weighted by molar-refractivity contribution is -0.117. The highest BCUT2D eigenvalue weighted by Gasteiger charge is 2.24. The van der Waals surface area contributed by atoms with Gasteiger partial charge in [-0.2, -0.15) is 0 Å². The quantitative estimate of drug-likeness (QED) is 0.214. The van der Waals surface area contributed by atoms with E-state index >= 15 is 0 Å². The Balaban J connectivity index is 1.58. The van der Waals surface area contributed by atoms with Crippen molar-refractivity contribution in [3.05, 3.63) is 127 Å². The van der Waals surface area contributed by atoms with Crippen molar-refractivity contribution in [1.29, 1.82) is 0 Å². The minimum Gasteiger partial charge on any atom is -0.497 e. The second-order valence-corrected chi connectivity index (χ2v) is 8.31. The number of hydrogen-bond acceptors (Lipinski definition) is 5. The van der Waals surface area contributed by atoms with Gasteiger partial charge >= 0.3 is 0 Å². The molecule has 0 saturated heterocycles. The van der Waals surface area contributed by atoms with Gasteiger partial charge in [-0.25, -0.2) is 0 Å². The summed E-state index contributed by atoms with van der Waals surface area (Å²) in [5.41, 5.74) is 3.23. The molecule has 0 saturated carbocycles. The van der Waals surface area contributed by atoms with Gasteiger partial charge in [0.1, 0.15) is 18.0 Å². The second-order valence-electron chi connectivity index (χ2n) is 8.31. The maximum atomic E-state index is 6.29. The molecule has 0 fully saturated rings. The van der Waals surface area contributed by atoms with Crippen LogP contribution in [0.1, 0.15) is 16.7 Å². The highest BCUT2D eigenvalue weighted by atomic mass is 16.6. The van der Waals surface area contributed by atoms with E-state index < -0.39 is 6.10 Å². The topological polar surface area (TPSA) is 46.2 Å². The van der Waals surface area contributed by atoms with E-state index in [1.165, 1.54) is 0 Å². The molecule has 3 rings (SSSR count). The van der Waals surface area contributed by atoms with Gasteiger partial charge in [0.15, 0.2) is 0 Å². The molecule has 3 atom stereocenters. The van der Waals surface area contributed by atoms with Crippen molar-refractivity contribution < 1.29 is 23.7 Å². The zero-order valence-electron chi connectivity index (χ0n) is 21.0. The van der Waals surface area contributed by atoms with Gasteiger partial charge in [-0.1, -0.05) is 84.9 Å². The Morgan fingerprint density at radius 3 is 1.78 bits per heavy atom. The molecule has 0 heterocycles. The number of hydrogen-bond donors (Lipinski definition) is 0. The van der Waals surface area contributed by atoms with E-state index in [4.69, 9.17) is 23.7 Å². The third kappa shape index (κ3) is 9.44. The lowest BCUT2D eigenvalue weighted by atomic mass is 10.2. The molecular weight excluding hydrogens is 452 g/mol. The van der Waals surface area contributed by atoms with Crippen LogP contribution in [0.3, 0.4) is 0 Å². The minimum atomic E-state index is -0.409. The third-order valence-electron chi connectivity index (χ3n) is 5.60. The highest BCUT2D eigenvalue weighted by Crippen LogP contribution is 2.16. The van der Waals surface area contributed by atoms with Crippen molar-refractivity contribution in [3.63, 3.8) is 0 Å². The molecule has 5 nitrogen and oxygen atoms in total. The molecule has 0 N–H and O–H groups in total. The first kappa shape index (κ1) is 27.4. The molecule has 0 spiro atoms. The Morgan fingerprint density at radius 2 is 1.22 bits per heavy atom. The van der Waals surface area contributed by atoms with E-state index in [2.05, 4.69) is 13.2 Å². The van der Waals surface area contributed by atoms with Gasteiger partial charge in [-0.05, 0) is 28.8 Å². The molecule has 3 aromatic carbocycles. The van der Waals surface area contributed by atoms with Gasteiger partial charge in [0.05, 0.1) is 46.2 Å². The first-order valence-corrected chi connectivity index (χ1v) is 12.1. The maximum Gasteiger partial charge on any atom is 0.118 e. The van der Waals surface area contributed by atoms with E-state index in [1.54, 1.807) is 19.3 Å². The van der Waals surface area contributed by atoms with E-state index in [0.29, 0.717) is 33.0 Å². The second kappa shape index (κ2) is 15.7. The average Bonchev–Trinajstić information content (AvgIpc) is 2.94. The smallest absolute Gasteiger partial charge is 0.118 e. The van der Waals surface area contributed by atoms with Crippen LogP contribution in [-0.4, -0.2) is 38.6 Å². The predicted octanol–water partition coefficient (Wildman–Crippen LogP) is 6.14. The summed E-state index contributed by atoms with van der Waals surface area (Å²) in [5.74, 6) is 0.813. The molecule has 190 valence electrons. The first-order chi connectivity index (χ1) is 17.7. The van der Waals surface area contributed by atoms with E-state index in [1.807, 2.05) is 84.9 Å². The van der Waals surface area contributed by atoms with E-state index in [0.717, 1.165) is 22.4 Å². The lowest BCUT2D eigenvalue weighted by Gasteiger charge is -2.28. The summed E-state index contributed by atoms with van der Waals surface area (Å²) in [5, 5.41) is 0. The molecule has 0 aliphatic heterocycles. The Hall–Kier alpha value is -3.22. The fourth-order valence-electron chi connectivity index (χ4n) is 3.56. The first-order valence-electron chi connectivity index (χ1n) is 12.1. The Bertz CT molecular complexity index is 1000. The van der Waals surface area contributed by atoms with Crippen molar-refractivity contribution in [2.45, 2.75) is 38.1 Å². The molecule has 0 unspecified atom stereocenters. The summed E-state index contributed by atoms with van der Waals surface area (Å²) in [4.78, 5) is 0. The van der Waals surface area contributed by atoms with Crippen molar-refractivity contribution in [2.75, 3.05) is 20.3 Å². The minimum absolute atomic E-state index is 0.318. The van der Waals surface area contributed by atoms with Gasteiger partial charge < -0.3 is 23.7 Å². The van der Waals surface area contributed by atoms with Crippen LogP contribution < -0.4 is 4.74 Å². The van der Waals surface area contributed by atoms with Crippen molar-refractivity contribution in [1.82, 2.24) is 0 Å².